The molecular formula is C10H12ClN5O. The number of carbonyl (C=O) groups is 1. The minimum absolute atomic E-state index is 0.119. The monoisotopic (exact) mass is 253 g/mol. The average molecular weight is 254 g/mol. The van der Waals surface area contributed by atoms with E-state index in [0.717, 1.165) is 5.69 Å². The Hall–Kier alpha value is -1.82. The van der Waals surface area contributed by atoms with E-state index in [9.17, 15) is 4.79 Å². The highest BCUT2D eigenvalue weighted by Gasteiger charge is 2.05. The number of aromatic nitrogens is 4. The number of hydrogen-bond acceptors (Lipinski definition) is 3. The Labute approximate surface area is 103 Å². The summed E-state index contributed by atoms with van der Waals surface area (Å²) in [7, 11) is 1.83. The topological polar surface area (TPSA) is 64.7 Å². The van der Waals surface area contributed by atoms with Gasteiger partial charge in [0.25, 0.3) is 0 Å². The molecule has 0 bridgehead atoms. The molecule has 1 N–H and O–H groups in total. The first-order valence-corrected chi connectivity index (χ1v) is 5.44. The lowest BCUT2D eigenvalue weighted by atomic mass is 10.4. The van der Waals surface area contributed by atoms with Gasteiger partial charge in [0.05, 0.1) is 23.5 Å². The molecule has 0 aliphatic carbocycles. The van der Waals surface area contributed by atoms with Gasteiger partial charge in [0.1, 0.15) is 6.54 Å². The van der Waals surface area contributed by atoms with Crippen LogP contribution in [0.3, 0.4) is 0 Å². The molecule has 2 rings (SSSR count). The lowest BCUT2D eigenvalue weighted by Crippen LogP contribution is -2.28. The van der Waals surface area contributed by atoms with Crippen LogP contribution >= 0.6 is 11.6 Å². The molecule has 17 heavy (non-hydrogen) atoms. The second kappa shape index (κ2) is 5.01. The van der Waals surface area contributed by atoms with Crippen molar-refractivity contribution in [3.8, 4) is 0 Å². The molecule has 2 aromatic rings. The van der Waals surface area contributed by atoms with Gasteiger partial charge in [-0.15, -0.1) is 0 Å². The molecule has 2 aromatic heterocycles. The van der Waals surface area contributed by atoms with Gasteiger partial charge in [-0.05, 0) is 6.07 Å². The highest BCUT2D eigenvalue weighted by atomic mass is 35.5. The molecule has 1 amide bonds. The van der Waals surface area contributed by atoms with Gasteiger partial charge in [-0.3, -0.25) is 14.2 Å². The van der Waals surface area contributed by atoms with E-state index in [0.29, 0.717) is 11.6 Å². The Kier molecular flexibility index (Phi) is 3.43. The van der Waals surface area contributed by atoms with Crippen molar-refractivity contribution in [2.45, 2.75) is 13.1 Å². The molecule has 0 aromatic carbocycles. The fourth-order valence-corrected chi connectivity index (χ4v) is 1.55. The summed E-state index contributed by atoms with van der Waals surface area (Å²) in [5.41, 5.74) is 0.942. The Morgan fingerprint density at radius 3 is 2.94 bits per heavy atom. The van der Waals surface area contributed by atoms with Crippen LogP contribution in [0.1, 0.15) is 5.69 Å². The van der Waals surface area contributed by atoms with Crippen LogP contribution in [0.25, 0.3) is 0 Å². The maximum atomic E-state index is 11.6. The van der Waals surface area contributed by atoms with Crippen LogP contribution in [-0.2, 0) is 24.9 Å². The summed E-state index contributed by atoms with van der Waals surface area (Å²) >= 11 is 5.70. The summed E-state index contributed by atoms with van der Waals surface area (Å²) in [6.07, 6.45) is 4.79. The number of rotatable bonds is 4. The zero-order chi connectivity index (χ0) is 12.3. The van der Waals surface area contributed by atoms with E-state index in [2.05, 4.69) is 15.5 Å². The summed E-state index contributed by atoms with van der Waals surface area (Å²) in [6, 6.07) is 1.85. The molecule has 0 aliphatic rings. The molecule has 0 unspecified atom stereocenters. The number of aryl methyl sites for hydroxylation is 1. The van der Waals surface area contributed by atoms with Crippen molar-refractivity contribution < 1.29 is 4.79 Å². The number of nitrogens with zero attached hydrogens (tertiary/aromatic N) is 4. The van der Waals surface area contributed by atoms with Crippen molar-refractivity contribution in [2.24, 2.45) is 7.05 Å². The average Bonchev–Trinajstić information content (AvgIpc) is 2.85. The predicted molar refractivity (Wildman–Crippen MR) is 62.3 cm³/mol. The second-order valence-electron chi connectivity index (χ2n) is 3.58. The number of nitrogens with one attached hydrogen (secondary N) is 1. The van der Waals surface area contributed by atoms with Crippen molar-refractivity contribution in [2.75, 3.05) is 0 Å². The maximum absolute atomic E-state index is 11.6. The SMILES string of the molecule is Cn1nccc1CNC(=O)Cn1cc(Cl)cn1. The smallest absolute Gasteiger partial charge is 0.242 e. The maximum Gasteiger partial charge on any atom is 0.242 e. The van der Waals surface area contributed by atoms with Gasteiger partial charge >= 0.3 is 0 Å². The Morgan fingerprint density at radius 1 is 1.53 bits per heavy atom. The first kappa shape index (κ1) is 11.7. The van der Waals surface area contributed by atoms with E-state index in [1.54, 1.807) is 17.1 Å². The molecule has 7 heteroatoms. The molecule has 2 heterocycles. The number of amides is 1. The molecule has 0 fully saturated rings. The Balaban J connectivity index is 1.84. The molecule has 0 atom stereocenters. The van der Waals surface area contributed by atoms with Crippen molar-refractivity contribution in [3.05, 3.63) is 35.4 Å². The molecular weight excluding hydrogens is 242 g/mol. The highest BCUT2D eigenvalue weighted by Crippen LogP contribution is 2.04. The van der Waals surface area contributed by atoms with Crippen LogP contribution < -0.4 is 5.32 Å². The third kappa shape index (κ3) is 3.07. The van der Waals surface area contributed by atoms with E-state index < -0.39 is 0 Å². The molecule has 6 nitrogen and oxygen atoms in total. The number of carbonyl (C=O) groups excluding carboxylic acids is 1. The van der Waals surface area contributed by atoms with Crippen LogP contribution in [-0.4, -0.2) is 25.5 Å². The fraction of sp³-hybridized carbons (Fsp3) is 0.300. The first-order chi connectivity index (χ1) is 8.15. The van der Waals surface area contributed by atoms with E-state index in [1.807, 2.05) is 13.1 Å². The summed E-state index contributed by atoms with van der Waals surface area (Å²) in [6.45, 7) is 0.606. The van der Waals surface area contributed by atoms with Gasteiger partial charge in [-0.25, -0.2) is 0 Å². The summed E-state index contributed by atoms with van der Waals surface area (Å²) < 4.78 is 3.20. The van der Waals surface area contributed by atoms with E-state index >= 15 is 0 Å². The molecule has 0 aliphatic heterocycles. The standard InChI is InChI=1S/C10H12ClN5O/c1-15-9(2-3-13-15)5-12-10(17)7-16-6-8(11)4-14-16/h2-4,6H,5,7H2,1H3,(H,12,17). The van der Waals surface area contributed by atoms with Gasteiger partial charge in [0.15, 0.2) is 0 Å². The minimum Gasteiger partial charge on any atom is -0.349 e. The van der Waals surface area contributed by atoms with Crippen molar-refractivity contribution in [1.29, 1.82) is 0 Å². The van der Waals surface area contributed by atoms with Gasteiger partial charge in [-0.2, -0.15) is 10.2 Å². The molecule has 0 radical (unpaired) electrons. The lowest BCUT2D eigenvalue weighted by molar-refractivity contribution is -0.122. The first-order valence-electron chi connectivity index (χ1n) is 5.06. The largest absolute Gasteiger partial charge is 0.349 e. The van der Waals surface area contributed by atoms with E-state index in [4.69, 9.17) is 11.6 Å². The van der Waals surface area contributed by atoms with Gasteiger partial charge in [-0.1, -0.05) is 11.6 Å². The Morgan fingerprint density at radius 2 is 2.35 bits per heavy atom. The zero-order valence-electron chi connectivity index (χ0n) is 9.30. The van der Waals surface area contributed by atoms with E-state index in [-0.39, 0.29) is 12.5 Å². The zero-order valence-corrected chi connectivity index (χ0v) is 10.1. The summed E-state index contributed by atoms with van der Waals surface area (Å²) in [4.78, 5) is 11.6. The number of halogens is 1. The number of hydrogen-bond donors (Lipinski definition) is 1. The van der Waals surface area contributed by atoms with Gasteiger partial charge in [0, 0.05) is 19.4 Å². The second-order valence-corrected chi connectivity index (χ2v) is 4.02. The normalized spacial score (nSPS) is 10.5. The van der Waals surface area contributed by atoms with Gasteiger partial charge in [0.2, 0.25) is 5.91 Å². The molecule has 0 saturated carbocycles. The van der Waals surface area contributed by atoms with Crippen molar-refractivity contribution >= 4 is 17.5 Å². The van der Waals surface area contributed by atoms with Crippen LogP contribution in [0.5, 0.6) is 0 Å². The minimum atomic E-state index is -0.119. The molecule has 0 spiro atoms. The third-order valence-corrected chi connectivity index (χ3v) is 2.49. The summed E-state index contributed by atoms with van der Waals surface area (Å²) in [5, 5.41) is 11.2. The van der Waals surface area contributed by atoms with Crippen LogP contribution in [0.2, 0.25) is 5.02 Å². The quantitative estimate of drug-likeness (QED) is 0.867. The van der Waals surface area contributed by atoms with Crippen LogP contribution in [0.15, 0.2) is 24.7 Å². The fourth-order valence-electron chi connectivity index (χ4n) is 1.39. The molecule has 0 saturated heterocycles. The predicted octanol–water partition coefficient (Wildman–Crippen LogP) is 0.586. The lowest BCUT2D eigenvalue weighted by Gasteiger charge is -2.05. The van der Waals surface area contributed by atoms with Crippen molar-refractivity contribution in [1.82, 2.24) is 24.9 Å². The summed E-state index contributed by atoms with van der Waals surface area (Å²) in [5.74, 6) is -0.119. The van der Waals surface area contributed by atoms with Crippen LogP contribution in [0.4, 0.5) is 0 Å². The van der Waals surface area contributed by atoms with Crippen LogP contribution in [0, 0.1) is 0 Å². The van der Waals surface area contributed by atoms with Gasteiger partial charge < -0.3 is 5.32 Å². The highest BCUT2D eigenvalue weighted by molar-refractivity contribution is 6.30. The molecule has 90 valence electrons. The van der Waals surface area contributed by atoms with E-state index in [1.165, 1.54) is 10.9 Å². The van der Waals surface area contributed by atoms with Crippen molar-refractivity contribution in [3.63, 3.8) is 0 Å². The third-order valence-electron chi connectivity index (χ3n) is 2.30. The Bertz CT molecular complexity index is 518.